The Morgan fingerprint density at radius 2 is 1.95 bits per heavy atom. The highest BCUT2D eigenvalue weighted by atomic mass is 79.9. The van der Waals surface area contributed by atoms with Crippen molar-refractivity contribution in [2.75, 3.05) is 0 Å². The summed E-state index contributed by atoms with van der Waals surface area (Å²) in [4.78, 5) is 0. The minimum Gasteiger partial charge on any atom is -0.458 e. The van der Waals surface area contributed by atoms with Gasteiger partial charge in [-0.25, -0.2) is 4.39 Å². The summed E-state index contributed by atoms with van der Waals surface area (Å²) in [7, 11) is 0. The van der Waals surface area contributed by atoms with Gasteiger partial charge in [0.25, 0.3) is 0 Å². The summed E-state index contributed by atoms with van der Waals surface area (Å²) in [6, 6.07) is 14.0. The zero-order valence-corrected chi connectivity index (χ0v) is 12.1. The van der Waals surface area contributed by atoms with E-state index in [4.69, 9.17) is 4.42 Å². The molecule has 0 saturated heterocycles. The van der Waals surface area contributed by atoms with Crippen LogP contribution in [0, 0.1) is 5.82 Å². The molecule has 1 atom stereocenters. The molecule has 0 fully saturated rings. The Morgan fingerprint density at radius 1 is 1.15 bits per heavy atom. The Morgan fingerprint density at radius 3 is 2.70 bits per heavy atom. The fourth-order valence-electron chi connectivity index (χ4n) is 2.22. The standard InChI is InChI=1S/C16H12BrFO2/c17-12-5-10(6-13(18)9-12)7-14(19)16-8-11-3-1-2-4-15(11)20-16/h1-6,8-9,14,19H,7H2. The van der Waals surface area contributed by atoms with Gasteiger partial charge in [-0.05, 0) is 35.9 Å². The SMILES string of the molecule is OC(Cc1cc(F)cc(Br)c1)c1cc2ccccc2o1. The smallest absolute Gasteiger partial charge is 0.134 e. The van der Waals surface area contributed by atoms with Crippen molar-refractivity contribution in [2.45, 2.75) is 12.5 Å². The summed E-state index contributed by atoms with van der Waals surface area (Å²) in [6.45, 7) is 0. The monoisotopic (exact) mass is 334 g/mol. The lowest BCUT2D eigenvalue weighted by atomic mass is 10.1. The van der Waals surface area contributed by atoms with Crippen molar-refractivity contribution in [3.8, 4) is 0 Å². The molecule has 0 saturated carbocycles. The van der Waals surface area contributed by atoms with Gasteiger partial charge in [0.05, 0.1) is 0 Å². The van der Waals surface area contributed by atoms with Crippen molar-refractivity contribution in [2.24, 2.45) is 0 Å². The summed E-state index contributed by atoms with van der Waals surface area (Å²) < 4.78 is 19.6. The molecular weight excluding hydrogens is 323 g/mol. The lowest BCUT2D eigenvalue weighted by Crippen LogP contribution is -2.00. The van der Waals surface area contributed by atoms with Gasteiger partial charge in [-0.1, -0.05) is 34.1 Å². The van der Waals surface area contributed by atoms with E-state index in [2.05, 4.69) is 15.9 Å². The minimum atomic E-state index is -0.795. The lowest BCUT2D eigenvalue weighted by Gasteiger charge is -2.08. The number of halogens is 2. The number of aliphatic hydroxyl groups is 1. The number of aliphatic hydroxyl groups excluding tert-OH is 1. The number of hydrogen-bond acceptors (Lipinski definition) is 2. The Bertz CT molecular complexity index is 698. The number of hydrogen-bond donors (Lipinski definition) is 1. The van der Waals surface area contributed by atoms with Crippen LogP contribution < -0.4 is 0 Å². The van der Waals surface area contributed by atoms with Gasteiger partial charge in [0.2, 0.25) is 0 Å². The van der Waals surface area contributed by atoms with Gasteiger partial charge < -0.3 is 9.52 Å². The first-order valence-corrected chi connectivity index (χ1v) is 7.02. The van der Waals surface area contributed by atoms with E-state index in [-0.39, 0.29) is 5.82 Å². The van der Waals surface area contributed by atoms with E-state index in [0.29, 0.717) is 22.2 Å². The summed E-state index contributed by atoms with van der Waals surface area (Å²) in [5.74, 6) is 0.165. The normalized spacial score (nSPS) is 12.8. The highest BCUT2D eigenvalue weighted by Crippen LogP contribution is 2.27. The first kappa shape index (κ1) is 13.3. The third kappa shape index (κ3) is 2.76. The molecular formula is C16H12BrFO2. The third-order valence-corrected chi connectivity index (χ3v) is 3.58. The van der Waals surface area contributed by atoms with Crippen molar-refractivity contribution < 1.29 is 13.9 Å². The maximum Gasteiger partial charge on any atom is 0.134 e. The molecule has 0 spiro atoms. The first-order chi connectivity index (χ1) is 9.61. The first-order valence-electron chi connectivity index (χ1n) is 6.23. The molecule has 4 heteroatoms. The van der Waals surface area contributed by atoms with Crippen molar-refractivity contribution in [3.63, 3.8) is 0 Å². The molecule has 0 aliphatic carbocycles. The maximum atomic E-state index is 13.3. The largest absolute Gasteiger partial charge is 0.458 e. The van der Waals surface area contributed by atoms with E-state index in [9.17, 15) is 9.50 Å². The number of benzene rings is 2. The number of fused-ring (bicyclic) bond motifs is 1. The Labute approximate surface area is 124 Å². The molecule has 1 N–H and O–H groups in total. The molecule has 102 valence electrons. The summed E-state index contributed by atoms with van der Waals surface area (Å²) in [5, 5.41) is 11.2. The van der Waals surface area contributed by atoms with Crippen LogP contribution in [0.25, 0.3) is 11.0 Å². The van der Waals surface area contributed by atoms with Crippen LogP contribution in [0.4, 0.5) is 4.39 Å². The van der Waals surface area contributed by atoms with Crippen molar-refractivity contribution in [3.05, 3.63) is 70.1 Å². The predicted octanol–water partition coefficient (Wildman–Crippen LogP) is 4.61. The molecule has 1 aromatic heterocycles. The van der Waals surface area contributed by atoms with Crippen molar-refractivity contribution in [1.29, 1.82) is 0 Å². The van der Waals surface area contributed by atoms with Gasteiger partial charge in [0.1, 0.15) is 23.3 Å². The third-order valence-electron chi connectivity index (χ3n) is 3.12. The minimum absolute atomic E-state index is 0.302. The van der Waals surface area contributed by atoms with Gasteiger partial charge in [-0.3, -0.25) is 0 Å². The van der Waals surface area contributed by atoms with E-state index >= 15 is 0 Å². The summed E-state index contributed by atoms with van der Waals surface area (Å²) >= 11 is 3.24. The van der Waals surface area contributed by atoms with Crippen LogP contribution in [0.3, 0.4) is 0 Å². The Kier molecular flexibility index (Phi) is 3.59. The second kappa shape index (κ2) is 5.38. The van der Waals surface area contributed by atoms with E-state index in [1.165, 1.54) is 12.1 Å². The Hall–Kier alpha value is -1.65. The molecule has 0 radical (unpaired) electrons. The van der Waals surface area contributed by atoms with E-state index < -0.39 is 6.10 Å². The molecule has 0 aliphatic heterocycles. The van der Waals surface area contributed by atoms with Gasteiger partial charge >= 0.3 is 0 Å². The molecule has 1 heterocycles. The number of rotatable bonds is 3. The molecule has 20 heavy (non-hydrogen) atoms. The average Bonchev–Trinajstić information content (AvgIpc) is 2.81. The average molecular weight is 335 g/mol. The molecule has 2 aromatic carbocycles. The molecule has 0 aliphatic rings. The lowest BCUT2D eigenvalue weighted by molar-refractivity contribution is 0.152. The topological polar surface area (TPSA) is 33.4 Å². The van der Waals surface area contributed by atoms with Gasteiger partial charge in [0, 0.05) is 16.3 Å². The fourth-order valence-corrected chi connectivity index (χ4v) is 2.73. The van der Waals surface area contributed by atoms with Crippen LogP contribution in [0.5, 0.6) is 0 Å². The van der Waals surface area contributed by atoms with Crippen LogP contribution in [-0.4, -0.2) is 5.11 Å². The zero-order valence-electron chi connectivity index (χ0n) is 10.5. The fraction of sp³-hybridized carbons (Fsp3) is 0.125. The van der Waals surface area contributed by atoms with Gasteiger partial charge in [0.15, 0.2) is 0 Å². The second-order valence-electron chi connectivity index (χ2n) is 4.68. The van der Waals surface area contributed by atoms with Crippen LogP contribution in [0.1, 0.15) is 17.4 Å². The quantitative estimate of drug-likeness (QED) is 0.758. The second-order valence-corrected chi connectivity index (χ2v) is 5.60. The zero-order chi connectivity index (χ0) is 14.1. The van der Waals surface area contributed by atoms with Crippen molar-refractivity contribution >= 4 is 26.9 Å². The molecule has 2 nitrogen and oxygen atoms in total. The molecule has 3 aromatic rings. The highest BCUT2D eigenvalue weighted by molar-refractivity contribution is 9.10. The van der Waals surface area contributed by atoms with Crippen LogP contribution in [0.2, 0.25) is 0 Å². The van der Waals surface area contributed by atoms with E-state index in [1.54, 1.807) is 6.07 Å². The molecule has 3 rings (SSSR count). The summed E-state index contributed by atoms with van der Waals surface area (Å²) in [6.07, 6.45) is -0.494. The van der Waals surface area contributed by atoms with E-state index in [1.807, 2.05) is 30.3 Å². The summed E-state index contributed by atoms with van der Waals surface area (Å²) in [5.41, 5.74) is 1.45. The number of para-hydroxylation sites is 1. The van der Waals surface area contributed by atoms with Gasteiger partial charge in [-0.2, -0.15) is 0 Å². The molecule has 0 bridgehead atoms. The van der Waals surface area contributed by atoms with Crippen molar-refractivity contribution in [1.82, 2.24) is 0 Å². The van der Waals surface area contributed by atoms with Gasteiger partial charge in [-0.15, -0.1) is 0 Å². The predicted molar refractivity (Wildman–Crippen MR) is 79.0 cm³/mol. The van der Waals surface area contributed by atoms with Crippen LogP contribution in [0.15, 0.2) is 57.4 Å². The highest BCUT2D eigenvalue weighted by Gasteiger charge is 2.14. The number of furan rings is 1. The molecule has 1 unspecified atom stereocenters. The maximum absolute atomic E-state index is 13.3. The van der Waals surface area contributed by atoms with Crippen LogP contribution >= 0.6 is 15.9 Å². The molecule has 0 amide bonds. The van der Waals surface area contributed by atoms with Crippen LogP contribution in [-0.2, 0) is 6.42 Å². The Balaban J connectivity index is 1.86. The van der Waals surface area contributed by atoms with E-state index in [0.717, 1.165) is 11.0 Å².